The largest absolute Gasteiger partial charge is 0.313 e. The van der Waals surface area contributed by atoms with Crippen LogP contribution in [-0.2, 0) is 0 Å². The van der Waals surface area contributed by atoms with Gasteiger partial charge in [-0.15, -0.1) is 0 Å². The number of aryl methyl sites for hydroxylation is 1. The molecule has 0 amide bonds. The van der Waals surface area contributed by atoms with Gasteiger partial charge >= 0.3 is 0 Å². The van der Waals surface area contributed by atoms with Crippen LogP contribution in [0.25, 0.3) is 0 Å². The SMILES string of the molecule is CC[C@@H]1NCC[C@@H]1c1ccc(C)cc1. The summed E-state index contributed by atoms with van der Waals surface area (Å²) in [5.74, 6) is 0.737. The van der Waals surface area contributed by atoms with Crippen LogP contribution in [0.15, 0.2) is 24.3 Å². The van der Waals surface area contributed by atoms with E-state index < -0.39 is 0 Å². The van der Waals surface area contributed by atoms with Crippen LogP contribution >= 0.6 is 0 Å². The van der Waals surface area contributed by atoms with Crippen LogP contribution < -0.4 is 5.32 Å². The molecule has 2 atom stereocenters. The van der Waals surface area contributed by atoms with Gasteiger partial charge in [0.2, 0.25) is 0 Å². The van der Waals surface area contributed by atoms with Crippen molar-refractivity contribution in [3.05, 3.63) is 35.4 Å². The lowest BCUT2D eigenvalue weighted by Crippen LogP contribution is -2.24. The van der Waals surface area contributed by atoms with E-state index >= 15 is 0 Å². The fourth-order valence-corrected chi connectivity index (χ4v) is 2.41. The lowest BCUT2D eigenvalue weighted by atomic mass is 9.90. The minimum absolute atomic E-state index is 0.692. The first-order valence-corrected chi connectivity index (χ1v) is 5.61. The average Bonchev–Trinajstić information content (AvgIpc) is 2.67. The van der Waals surface area contributed by atoms with Crippen molar-refractivity contribution in [2.24, 2.45) is 0 Å². The van der Waals surface area contributed by atoms with Gasteiger partial charge in [0.15, 0.2) is 0 Å². The van der Waals surface area contributed by atoms with E-state index in [0.29, 0.717) is 6.04 Å². The molecule has 0 spiro atoms. The van der Waals surface area contributed by atoms with Crippen LogP contribution in [0.1, 0.15) is 36.8 Å². The Morgan fingerprint density at radius 1 is 1.29 bits per heavy atom. The van der Waals surface area contributed by atoms with E-state index in [1.54, 1.807) is 0 Å². The molecule has 1 aromatic rings. The minimum atomic E-state index is 0.692. The summed E-state index contributed by atoms with van der Waals surface area (Å²) in [6, 6.07) is 9.71. The van der Waals surface area contributed by atoms with E-state index in [9.17, 15) is 0 Å². The summed E-state index contributed by atoms with van der Waals surface area (Å²) in [6.07, 6.45) is 2.53. The molecule has 1 heteroatoms. The van der Waals surface area contributed by atoms with Gasteiger partial charge in [-0.1, -0.05) is 36.8 Å². The summed E-state index contributed by atoms with van der Waals surface area (Å²) >= 11 is 0. The monoisotopic (exact) mass is 189 g/mol. The van der Waals surface area contributed by atoms with Gasteiger partial charge in [-0.2, -0.15) is 0 Å². The van der Waals surface area contributed by atoms with Crippen molar-refractivity contribution < 1.29 is 0 Å². The molecule has 1 fully saturated rings. The van der Waals surface area contributed by atoms with Gasteiger partial charge < -0.3 is 5.32 Å². The van der Waals surface area contributed by atoms with Gasteiger partial charge in [0.25, 0.3) is 0 Å². The Morgan fingerprint density at radius 2 is 2.00 bits per heavy atom. The fraction of sp³-hybridized carbons (Fsp3) is 0.538. The molecule has 0 saturated carbocycles. The van der Waals surface area contributed by atoms with Crippen molar-refractivity contribution in [3.8, 4) is 0 Å². The van der Waals surface area contributed by atoms with Gasteiger partial charge in [0.1, 0.15) is 0 Å². The summed E-state index contributed by atoms with van der Waals surface area (Å²) < 4.78 is 0. The van der Waals surface area contributed by atoms with Gasteiger partial charge in [0, 0.05) is 12.0 Å². The standard InChI is InChI=1S/C13H19N/c1-3-13-12(8-9-14-13)11-6-4-10(2)5-7-11/h4-7,12-14H,3,8-9H2,1-2H3/t12-,13+/m1/s1. The van der Waals surface area contributed by atoms with Crippen LogP contribution in [0.5, 0.6) is 0 Å². The van der Waals surface area contributed by atoms with E-state index in [1.807, 2.05) is 0 Å². The molecule has 76 valence electrons. The first-order valence-electron chi connectivity index (χ1n) is 5.61. The zero-order valence-electron chi connectivity index (χ0n) is 9.09. The second-order valence-electron chi connectivity index (χ2n) is 4.27. The van der Waals surface area contributed by atoms with Crippen molar-refractivity contribution >= 4 is 0 Å². The van der Waals surface area contributed by atoms with E-state index in [-0.39, 0.29) is 0 Å². The molecule has 0 aliphatic carbocycles. The summed E-state index contributed by atoms with van der Waals surface area (Å²) in [4.78, 5) is 0. The maximum atomic E-state index is 3.57. The topological polar surface area (TPSA) is 12.0 Å². The Bertz CT molecular complexity index is 289. The average molecular weight is 189 g/mol. The van der Waals surface area contributed by atoms with Crippen LogP contribution in [0.3, 0.4) is 0 Å². The quantitative estimate of drug-likeness (QED) is 0.754. The summed E-state index contributed by atoms with van der Waals surface area (Å²) in [6.45, 7) is 5.59. The van der Waals surface area contributed by atoms with Gasteiger partial charge in [-0.05, 0) is 31.9 Å². The molecular weight excluding hydrogens is 170 g/mol. The smallest absolute Gasteiger partial charge is 0.0134 e. The van der Waals surface area contributed by atoms with E-state index in [2.05, 4.69) is 43.4 Å². The van der Waals surface area contributed by atoms with E-state index in [0.717, 1.165) is 5.92 Å². The molecule has 14 heavy (non-hydrogen) atoms. The highest BCUT2D eigenvalue weighted by atomic mass is 14.9. The summed E-state index contributed by atoms with van der Waals surface area (Å²) in [5, 5.41) is 3.57. The molecule has 1 aliphatic heterocycles. The normalized spacial score (nSPS) is 26.7. The minimum Gasteiger partial charge on any atom is -0.313 e. The molecule has 1 aliphatic rings. The molecule has 1 N–H and O–H groups in total. The van der Waals surface area contributed by atoms with Crippen molar-refractivity contribution in [2.75, 3.05) is 6.54 Å². The molecule has 0 bridgehead atoms. The number of rotatable bonds is 2. The molecule has 1 saturated heterocycles. The van der Waals surface area contributed by atoms with Crippen LogP contribution in [0.2, 0.25) is 0 Å². The third-order valence-electron chi connectivity index (χ3n) is 3.29. The fourth-order valence-electron chi connectivity index (χ4n) is 2.41. The van der Waals surface area contributed by atoms with Crippen LogP contribution in [0, 0.1) is 6.92 Å². The number of nitrogens with one attached hydrogen (secondary N) is 1. The van der Waals surface area contributed by atoms with Crippen LogP contribution in [0.4, 0.5) is 0 Å². The zero-order chi connectivity index (χ0) is 9.97. The van der Waals surface area contributed by atoms with Crippen molar-refractivity contribution in [1.29, 1.82) is 0 Å². The molecule has 1 aromatic carbocycles. The number of hydrogen-bond acceptors (Lipinski definition) is 1. The highest BCUT2D eigenvalue weighted by Gasteiger charge is 2.26. The summed E-state index contributed by atoms with van der Waals surface area (Å²) in [7, 11) is 0. The van der Waals surface area contributed by atoms with Crippen LogP contribution in [-0.4, -0.2) is 12.6 Å². The molecule has 2 rings (SSSR count). The predicted octanol–water partition coefficient (Wildman–Crippen LogP) is 2.85. The molecule has 0 aromatic heterocycles. The molecule has 0 unspecified atom stereocenters. The Morgan fingerprint density at radius 3 is 2.64 bits per heavy atom. The van der Waals surface area contributed by atoms with Crippen molar-refractivity contribution in [3.63, 3.8) is 0 Å². The van der Waals surface area contributed by atoms with Gasteiger partial charge in [-0.3, -0.25) is 0 Å². The third kappa shape index (κ3) is 1.83. The van der Waals surface area contributed by atoms with E-state index in [4.69, 9.17) is 0 Å². The number of benzene rings is 1. The first-order chi connectivity index (χ1) is 6.81. The highest BCUT2D eigenvalue weighted by Crippen LogP contribution is 2.29. The first kappa shape index (κ1) is 9.72. The second-order valence-corrected chi connectivity index (χ2v) is 4.27. The second kappa shape index (κ2) is 4.14. The lowest BCUT2D eigenvalue weighted by Gasteiger charge is -2.18. The Kier molecular flexibility index (Phi) is 2.87. The Balaban J connectivity index is 2.17. The molecule has 1 nitrogen and oxygen atoms in total. The van der Waals surface area contributed by atoms with Crippen molar-refractivity contribution in [2.45, 2.75) is 38.6 Å². The number of hydrogen-bond donors (Lipinski definition) is 1. The summed E-state index contributed by atoms with van der Waals surface area (Å²) in [5.41, 5.74) is 2.86. The lowest BCUT2D eigenvalue weighted by molar-refractivity contribution is 0.531. The highest BCUT2D eigenvalue weighted by molar-refractivity contribution is 5.26. The van der Waals surface area contributed by atoms with E-state index in [1.165, 1.54) is 30.5 Å². The Hall–Kier alpha value is -0.820. The molecular formula is C13H19N. The Labute approximate surface area is 86.5 Å². The molecule has 0 radical (unpaired) electrons. The maximum Gasteiger partial charge on any atom is 0.0134 e. The molecule has 1 heterocycles. The maximum absolute atomic E-state index is 3.57. The van der Waals surface area contributed by atoms with Gasteiger partial charge in [0.05, 0.1) is 0 Å². The zero-order valence-corrected chi connectivity index (χ0v) is 9.09. The van der Waals surface area contributed by atoms with Crippen molar-refractivity contribution in [1.82, 2.24) is 5.32 Å². The van der Waals surface area contributed by atoms with Gasteiger partial charge in [-0.25, -0.2) is 0 Å². The third-order valence-corrected chi connectivity index (χ3v) is 3.29. The predicted molar refractivity (Wildman–Crippen MR) is 60.6 cm³/mol.